The highest BCUT2D eigenvalue weighted by Gasteiger charge is 2.16. The monoisotopic (exact) mass is 390 g/mol. The number of Topliss-reactive ketones (excluding diaryl/α,β-unsaturated/α-hetero) is 1. The second-order valence-corrected chi connectivity index (χ2v) is 7.05. The molecule has 0 radical (unpaired) electrons. The van der Waals surface area contributed by atoms with Crippen LogP contribution in [0.25, 0.3) is 0 Å². The number of nitrogens with one attached hydrogen (secondary N) is 2. The van der Waals surface area contributed by atoms with Crippen LogP contribution in [0.4, 0.5) is 0 Å². The van der Waals surface area contributed by atoms with E-state index in [-0.39, 0.29) is 36.6 Å². The molecule has 2 amide bonds. The molecule has 0 aromatic heterocycles. The van der Waals surface area contributed by atoms with E-state index in [1.54, 1.807) is 18.2 Å². The van der Waals surface area contributed by atoms with Gasteiger partial charge in [-0.05, 0) is 44.4 Å². The molecule has 1 aromatic rings. The molecule has 0 saturated heterocycles. The van der Waals surface area contributed by atoms with Gasteiger partial charge in [-0.25, -0.2) is 0 Å². The molecule has 0 unspecified atom stereocenters. The van der Waals surface area contributed by atoms with Crippen LogP contribution in [0.2, 0.25) is 0 Å². The van der Waals surface area contributed by atoms with Gasteiger partial charge in [0.25, 0.3) is 0 Å². The van der Waals surface area contributed by atoms with Crippen molar-refractivity contribution < 1.29 is 23.9 Å². The summed E-state index contributed by atoms with van der Waals surface area (Å²) in [4.78, 5) is 35.2. The van der Waals surface area contributed by atoms with Crippen molar-refractivity contribution in [3.63, 3.8) is 0 Å². The number of amides is 2. The van der Waals surface area contributed by atoms with Gasteiger partial charge in [-0.15, -0.1) is 0 Å². The van der Waals surface area contributed by atoms with E-state index in [0.717, 1.165) is 25.7 Å². The van der Waals surface area contributed by atoms with Gasteiger partial charge in [-0.3, -0.25) is 14.4 Å². The largest absolute Gasteiger partial charge is 0.493 e. The van der Waals surface area contributed by atoms with E-state index in [9.17, 15) is 14.4 Å². The van der Waals surface area contributed by atoms with Crippen molar-refractivity contribution >= 4 is 17.6 Å². The van der Waals surface area contributed by atoms with E-state index in [2.05, 4.69) is 10.6 Å². The molecular formula is C21H30N2O5. The Hall–Kier alpha value is -2.57. The van der Waals surface area contributed by atoms with E-state index in [0.29, 0.717) is 30.1 Å². The van der Waals surface area contributed by atoms with Crippen molar-refractivity contribution in [2.45, 2.75) is 57.9 Å². The van der Waals surface area contributed by atoms with E-state index in [4.69, 9.17) is 9.47 Å². The average Bonchev–Trinajstić information content (AvgIpc) is 2.70. The summed E-state index contributed by atoms with van der Waals surface area (Å²) >= 11 is 0. The topological polar surface area (TPSA) is 93.7 Å². The Bertz CT molecular complexity index is 683. The van der Waals surface area contributed by atoms with Gasteiger partial charge >= 0.3 is 0 Å². The number of benzene rings is 1. The molecule has 1 saturated carbocycles. The number of rotatable bonds is 10. The Labute approximate surface area is 166 Å². The second kappa shape index (κ2) is 11.3. The maximum Gasteiger partial charge on any atom is 0.239 e. The van der Waals surface area contributed by atoms with Gasteiger partial charge in [0.15, 0.2) is 17.3 Å². The predicted molar refractivity (Wildman–Crippen MR) is 106 cm³/mol. The zero-order chi connectivity index (χ0) is 20.4. The summed E-state index contributed by atoms with van der Waals surface area (Å²) in [6.45, 7) is 1.83. The number of ether oxygens (including phenoxy) is 2. The molecule has 7 nitrogen and oxygen atoms in total. The summed E-state index contributed by atoms with van der Waals surface area (Å²) in [5.41, 5.74) is 0.551. The summed E-state index contributed by atoms with van der Waals surface area (Å²) < 4.78 is 10.9. The Morgan fingerprint density at radius 2 is 1.82 bits per heavy atom. The third-order valence-corrected chi connectivity index (χ3v) is 4.79. The van der Waals surface area contributed by atoms with Gasteiger partial charge < -0.3 is 20.1 Å². The lowest BCUT2D eigenvalue weighted by atomic mass is 9.95. The van der Waals surface area contributed by atoms with Crippen molar-refractivity contribution in [1.82, 2.24) is 10.6 Å². The van der Waals surface area contributed by atoms with Crippen LogP contribution in [0.5, 0.6) is 11.5 Å². The minimum absolute atomic E-state index is 0.0104. The number of carbonyl (C=O) groups is 3. The zero-order valence-electron chi connectivity index (χ0n) is 16.7. The molecule has 154 valence electrons. The summed E-state index contributed by atoms with van der Waals surface area (Å²) in [7, 11) is 1.51. The first-order valence-electron chi connectivity index (χ1n) is 9.87. The van der Waals surface area contributed by atoms with Gasteiger partial charge in [0.05, 0.1) is 20.3 Å². The molecule has 1 aromatic carbocycles. The average molecular weight is 390 g/mol. The first-order chi connectivity index (χ1) is 13.5. The molecule has 2 rings (SSSR count). The zero-order valence-corrected chi connectivity index (χ0v) is 16.7. The molecular weight excluding hydrogens is 360 g/mol. The molecule has 7 heteroatoms. The van der Waals surface area contributed by atoms with Crippen molar-refractivity contribution in [3.05, 3.63) is 23.8 Å². The maximum atomic E-state index is 11.9. The van der Waals surface area contributed by atoms with Crippen LogP contribution in [0.15, 0.2) is 18.2 Å². The molecule has 0 bridgehead atoms. The third-order valence-electron chi connectivity index (χ3n) is 4.79. The fourth-order valence-electron chi connectivity index (χ4n) is 3.21. The second-order valence-electron chi connectivity index (χ2n) is 7.05. The minimum atomic E-state index is -0.179. The van der Waals surface area contributed by atoms with Gasteiger partial charge in [0.2, 0.25) is 11.8 Å². The van der Waals surface area contributed by atoms with Crippen molar-refractivity contribution in [2.24, 2.45) is 0 Å². The molecule has 2 N–H and O–H groups in total. The lowest BCUT2D eigenvalue weighted by Gasteiger charge is -2.22. The Morgan fingerprint density at radius 3 is 2.50 bits per heavy atom. The molecule has 1 aliphatic rings. The van der Waals surface area contributed by atoms with Gasteiger partial charge in [0, 0.05) is 18.0 Å². The van der Waals surface area contributed by atoms with Gasteiger partial charge in [-0.2, -0.15) is 0 Å². The SMILES string of the molecule is COc1cc(C(C)=O)ccc1OCCCC(=O)NCC(=O)NC1CCCCC1. The highest BCUT2D eigenvalue weighted by molar-refractivity contribution is 5.94. The normalized spacial score (nSPS) is 14.2. The number of carbonyl (C=O) groups excluding carboxylic acids is 3. The van der Waals surface area contributed by atoms with Crippen LogP contribution in [-0.4, -0.2) is 43.9 Å². The Balaban J connectivity index is 1.64. The Kier molecular flexibility index (Phi) is 8.78. The van der Waals surface area contributed by atoms with E-state index in [1.165, 1.54) is 20.5 Å². The summed E-state index contributed by atoms with van der Waals surface area (Å²) in [6.07, 6.45) is 6.36. The predicted octanol–water partition coefficient (Wildman–Crippen LogP) is 2.62. The van der Waals surface area contributed by atoms with Crippen molar-refractivity contribution in [2.75, 3.05) is 20.3 Å². The molecule has 0 atom stereocenters. The first-order valence-corrected chi connectivity index (χ1v) is 9.87. The summed E-state index contributed by atoms with van der Waals surface area (Å²) in [5.74, 6) is 0.651. The number of hydrogen-bond donors (Lipinski definition) is 2. The lowest BCUT2D eigenvalue weighted by molar-refractivity contribution is -0.126. The van der Waals surface area contributed by atoms with Crippen molar-refractivity contribution in [1.29, 1.82) is 0 Å². The fourth-order valence-corrected chi connectivity index (χ4v) is 3.21. The van der Waals surface area contributed by atoms with Crippen LogP contribution >= 0.6 is 0 Å². The number of methoxy groups -OCH3 is 1. The number of ketones is 1. The molecule has 0 spiro atoms. The van der Waals surface area contributed by atoms with Crippen LogP contribution in [0.1, 0.15) is 62.2 Å². The van der Waals surface area contributed by atoms with Crippen LogP contribution in [0, 0.1) is 0 Å². The van der Waals surface area contributed by atoms with Crippen LogP contribution in [-0.2, 0) is 9.59 Å². The highest BCUT2D eigenvalue weighted by Crippen LogP contribution is 2.28. The van der Waals surface area contributed by atoms with E-state index in [1.807, 2.05) is 0 Å². The standard InChI is InChI=1S/C21H30N2O5/c1-15(24)16-10-11-18(19(13-16)27-2)28-12-6-9-20(25)22-14-21(26)23-17-7-4-3-5-8-17/h10-11,13,17H,3-9,12,14H2,1-2H3,(H,22,25)(H,23,26). The highest BCUT2D eigenvalue weighted by atomic mass is 16.5. The molecule has 28 heavy (non-hydrogen) atoms. The molecule has 1 fully saturated rings. The molecule has 1 aliphatic carbocycles. The fraction of sp³-hybridized carbons (Fsp3) is 0.571. The van der Waals surface area contributed by atoms with Crippen molar-refractivity contribution in [3.8, 4) is 11.5 Å². The summed E-state index contributed by atoms with van der Waals surface area (Å²) in [6, 6.07) is 5.24. The number of hydrogen-bond acceptors (Lipinski definition) is 5. The van der Waals surface area contributed by atoms with Gasteiger partial charge in [-0.1, -0.05) is 19.3 Å². The molecule has 0 heterocycles. The lowest BCUT2D eigenvalue weighted by Crippen LogP contribution is -2.42. The molecule has 0 aliphatic heterocycles. The third kappa shape index (κ3) is 7.21. The first kappa shape index (κ1) is 21.7. The smallest absolute Gasteiger partial charge is 0.239 e. The van der Waals surface area contributed by atoms with Crippen LogP contribution < -0.4 is 20.1 Å². The van der Waals surface area contributed by atoms with E-state index < -0.39 is 0 Å². The van der Waals surface area contributed by atoms with E-state index >= 15 is 0 Å². The van der Waals surface area contributed by atoms with Gasteiger partial charge in [0.1, 0.15) is 0 Å². The Morgan fingerprint density at radius 1 is 1.07 bits per heavy atom. The maximum absolute atomic E-state index is 11.9. The van der Waals surface area contributed by atoms with Crippen LogP contribution in [0.3, 0.4) is 0 Å². The quantitative estimate of drug-likeness (QED) is 0.473. The summed E-state index contributed by atoms with van der Waals surface area (Å²) in [5, 5.41) is 5.62. The minimum Gasteiger partial charge on any atom is -0.493 e.